The van der Waals surface area contributed by atoms with Gasteiger partial charge >= 0.3 is 6.18 Å². The molecule has 1 aromatic carbocycles. The third kappa shape index (κ3) is 10.5. The van der Waals surface area contributed by atoms with Crippen LogP contribution in [0.15, 0.2) is 29.3 Å². The molecule has 5 nitrogen and oxygen atoms in total. The van der Waals surface area contributed by atoms with Gasteiger partial charge in [-0.15, -0.1) is 0 Å². The van der Waals surface area contributed by atoms with Crippen LogP contribution in [-0.2, 0) is 11.3 Å². The lowest BCUT2D eigenvalue weighted by Crippen LogP contribution is -2.38. The molecule has 1 rings (SSSR count). The Morgan fingerprint density at radius 3 is 2.44 bits per heavy atom. The van der Waals surface area contributed by atoms with Gasteiger partial charge in [-0.1, -0.05) is 25.5 Å². The molecule has 142 valence electrons. The van der Waals surface area contributed by atoms with E-state index in [1.54, 1.807) is 19.2 Å². The van der Waals surface area contributed by atoms with Crippen molar-refractivity contribution in [1.82, 2.24) is 10.6 Å². The van der Waals surface area contributed by atoms with E-state index in [0.29, 0.717) is 25.7 Å². The van der Waals surface area contributed by atoms with Crippen LogP contribution in [-0.4, -0.2) is 45.5 Å². The van der Waals surface area contributed by atoms with E-state index in [0.717, 1.165) is 25.0 Å². The van der Waals surface area contributed by atoms with Gasteiger partial charge in [-0.3, -0.25) is 4.99 Å². The minimum absolute atomic E-state index is 0.188. The second-order valence-electron chi connectivity index (χ2n) is 5.37. The fourth-order valence-corrected chi connectivity index (χ4v) is 1.87. The number of benzene rings is 1. The normalized spacial score (nSPS) is 12.1. The van der Waals surface area contributed by atoms with Crippen molar-refractivity contribution < 1.29 is 22.6 Å². The summed E-state index contributed by atoms with van der Waals surface area (Å²) < 4.78 is 46.4. The Morgan fingerprint density at radius 2 is 1.84 bits per heavy atom. The summed E-state index contributed by atoms with van der Waals surface area (Å²) >= 11 is 0. The molecule has 25 heavy (non-hydrogen) atoms. The fourth-order valence-electron chi connectivity index (χ4n) is 1.87. The quantitative estimate of drug-likeness (QED) is 0.382. The van der Waals surface area contributed by atoms with Crippen LogP contribution in [0.2, 0.25) is 0 Å². The third-order valence-electron chi connectivity index (χ3n) is 3.19. The third-order valence-corrected chi connectivity index (χ3v) is 3.19. The van der Waals surface area contributed by atoms with E-state index in [2.05, 4.69) is 27.3 Å². The highest BCUT2D eigenvalue weighted by atomic mass is 19.4. The lowest BCUT2D eigenvalue weighted by molar-refractivity contribution is -0.153. The maximum Gasteiger partial charge on any atom is 0.422 e. The molecule has 1 aromatic rings. The van der Waals surface area contributed by atoms with Gasteiger partial charge in [0, 0.05) is 26.7 Å². The maximum absolute atomic E-state index is 12.1. The summed E-state index contributed by atoms with van der Waals surface area (Å²) in [6, 6.07) is 6.45. The molecule has 0 aliphatic carbocycles. The Kier molecular flexibility index (Phi) is 9.76. The van der Waals surface area contributed by atoms with Crippen LogP contribution in [0.3, 0.4) is 0 Å². The number of hydrogen-bond acceptors (Lipinski definition) is 3. The van der Waals surface area contributed by atoms with Crippen molar-refractivity contribution in [3.8, 4) is 5.75 Å². The summed E-state index contributed by atoms with van der Waals surface area (Å²) in [6.45, 7) is 3.33. The zero-order valence-corrected chi connectivity index (χ0v) is 14.7. The summed E-state index contributed by atoms with van der Waals surface area (Å²) in [6.07, 6.45) is -2.18. The van der Waals surface area contributed by atoms with E-state index < -0.39 is 12.8 Å². The molecule has 0 radical (unpaired) electrons. The number of rotatable bonds is 10. The largest absolute Gasteiger partial charge is 0.484 e. The Hall–Kier alpha value is -1.96. The summed E-state index contributed by atoms with van der Waals surface area (Å²) in [5.74, 6) is 0.823. The first-order valence-corrected chi connectivity index (χ1v) is 8.25. The highest BCUT2D eigenvalue weighted by Gasteiger charge is 2.28. The Bertz CT molecular complexity index is 505. The molecule has 0 aliphatic heterocycles. The molecule has 0 atom stereocenters. The molecule has 0 saturated carbocycles. The van der Waals surface area contributed by atoms with Crippen LogP contribution >= 0.6 is 0 Å². The van der Waals surface area contributed by atoms with Crippen molar-refractivity contribution in [2.75, 3.05) is 33.4 Å². The number of guanidine groups is 1. The molecule has 8 heteroatoms. The average molecular weight is 361 g/mol. The van der Waals surface area contributed by atoms with Gasteiger partial charge in [0.1, 0.15) is 5.75 Å². The molecule has 0 aromatic heterocycles. The van der Waals surface area contributed by atoms with Crippen LogP contribution in [0, 0.1) is 0 Å². The summed E-state index contributed by atoms with van der Waals surface area (Å²) in [5.41, 5.74) is 0.904. The number of nitrogens with zero attached hydrogens (tertiary/aromatic N) is 1. The van der Waals surface area contributed by atoms with Crippen molar-refractivity contribution in [3.63, 3.8) is 0 Å². The molecule has 0 unspecified atom stereocenters. The van der Waals surface area contributed by atoms with E-state index in [1.165, 1.54) is 12.1 Å². The Morgan fingerprint density at radius 1 is 1.12 bits per heavy atom. The first-order valence-electron chi connectivity index (χ1n) is 8.25. The second-order valence-corrected chi connectivity index (χ2v) is 5.37. The number of hydrogen-bond donors (Lipinski definition) is 2. The summed E-state index contributed by atoms with van der Waals surface area (Å²) in [4.78, 5) is 4.10. The Balaban J connectivity index is 2.28. The summed E-state index contributed by atoms with van der Waals surface area (Å²) in [7, 11) is 1.67. The number of ether oxygens (including phenoxy) is 2. The zero-order chi connectivity index (χ0) is 18.5. The highest BCUT2D eigenvalue weighted by molar-refractivity contribution is 5.79. The fraction of sp³-hybridized carbons (Fsp3) is 0.588. The molecular formula is C17H26F3N3O2. The van der Waals surface area contributed by atoms with E-state index in [-0.39, 0.29) is 5.75 Å². The zero-order valence-electron chi connectivity index (χ0n) is 14.7. The van der Waals surface area contributed by atoms with Crippen molar-refractivity contribution in [2.45, 2.75) is 32.5 Å². The first kappa shape index (κ1) is 21.1. The molecular weight excluding hydrogens is 335 g/mol. The lowest BCUT2D eigenvalue weighted by atomic mass is 10.2. The average Bonchev–Trinajstić information content (AvgIpc) is 2.59. The van der Waals surface area contributed by atoms with Crippen molar-refractivity contribution >= 4 is 5.96 Å². The predicted octanol–water partition coefficient (Wildman–Crippen LogP) is 3.11. The molecule has 0 bridgehead atoms. The molecule has 0 heterocycles. The van der Waals surface area contributed by atoms with Gasteiger partial charge in [0.15, 0.2) is 12.6 Å². The van der Waals surface area contributed by atoms with Crippen molar-refractivity contribution in [3.05, 3.63) is 29.8 Å². The van der Waals surface area contributed by atoms with E-state index in [4.69, 9.17) is 4.74 Å². The molecule has 2 N–H and O–H groups in total. The number of aliphatic imine (C=N–C) groups is 1. The molecule has 0 aliphatic rings. The number of alkyl halides is 3. The molecule has 0 saturated heterocycles. The predicted molar refractivity (Wildman–Crippen MR) is 91.9 cm³/mol. The summed E-state index contributed by atoms with van der Waals surface area (Å²) in [5, 5.41) is 6.26. The minimum Gasteiger partial charge on any atom is -0.484 e. The van der Waals surface area contributed by atoms with Gasteiger partial charge in [0.25, 0.3) is 0 Å². The molecule has 0 spiro atoms. The van der Waals surface area contributed by atoms with Crippen LogP contribution in [0.1, 0.15) is 25.3 Å². The topological polar surface area (TPSA) is 54.9 Å². The first-order chi connectivity index (χ1) is 11.9. The number of halogens is 3. The van der Waals surface area contributed by atoms with Crippen molar-refractivity contribution in [2.24, 2.45) is 4.99 Å². The number of unbranched alkanes of at least 4 members (excludes halogenated alkanes) is 1. The van der Waals surface area contributed by atoms with Gasteiger partial charge in [-0.05, 0) is 24.1 Å². The van der Waals surface area contributed by atoms with E-state index >= 15 is 0 Å². The maximum atomic E-state index is 12.1. The van der Waals surface area contributed by atoms with Gasteiger partial charge in [-0.2, -0.15) is 13.2 Å². The van der Waals surface area contributed by atoms with Gasteiger partial charge in [0.2, 0.25) is 0 Å². The van der Waals surface area contributed by atoms with Gasteiger partial charge < -0.3 is 20.1 Å². The second kappa shape index (κ2) is 11.6. The van der Waals surface area contributed by atoms with Gasteiger partial charge in [-0.25, -0.2) is 0 Å². The highest BCUT2D eigenvalue weighted by Crippen LogP contribution is 2.18. The van der Waals surface area contributed by atoms with Crippen LogP contribution in [0.25, 0.3) is 0 Å². The number of nitrogens with one attached hydrogen (secondary N) is 2. The smallest absolute Gasteiger partial charge is 0.422 e. The minimum atomic E-state index is -4.33. The van der Waals surface area contributed by atoms with Crippen LogP contribution in [0.4, 0.5) is 13.2 Å². The monoisotopic (exact) mass is 361 g/mol. The van der Waals surface area contributed by atoms with Crippen molar-refractivity contribution in [1.29, 1.82) is 0 Å². The lowest BCUT2D eigenvalue weighted by Gasteiger charge is -2.13. The van der Waals surface area contributed by atoms with Crippen LogP contribution in [0.5, 0.6) is 5.75 Å². The van der Waals surface area contributed by atoms with Crippen LogP contribution < -0.4 is 15.4 Å². The SMILES string of the molecule is CCCCOCCNC(=NC)NCc1ccc(OCC(F)(F)F)cc1. The van der Waals surface area contributed by atoms with E-state index in [9.17, 15) is 13.2 Å². The molecule has 0 amide bonds. The Labute approximate surface area is 146 Å². The van der Waals surface area contributed by atoms with E-state index in [1.807, 2.05) is 0 Å². The standard InChI is InChI=1S/C17H26F3N3O2/c1-3-4-10-24-11-9-22-16(21-2)23-12-14-5-7-15(8-6-14)25-13-17(18,19)20/h5-8H,3-4,9-13H2,1-2H3,(H2,21,22,23). The molecule has 0 fully saturated rings. The van der Waals surface area contributed by atoms with Gasteiger partial charge in [0.05, 0.1) is 6.61 Å².